The number of carbonyl (C=O) groups is 3. The van der Waals surface area contributed by atoms with Gasteiger partial charge in [0.05, 0.1) is 19.8 Å². The van der Waals surface area contributed by atoms with Gasteiger partial charge in [-0.2, -0.15) is 0 Å². The Morgan fingerprint density at radius 1 is 0.784 bits per heavy atom. The molecule has 0 bridgehead atoms. The van der Waals surface area contributed by atoms with E-state index in [0.717, 1.165) is 0 Å². The van der Waals surface area contributed by atoms with Crippen LogP contribution in [0.3, 0.4) is 0 Å². The fourth-order valence-electron chi connectivity index (χ4n) is 5.54. The molecule has 0 aromatic heterocycles. The van der Waals surface area contributed by atoms with Crippen molar-refractivity contribution in [1.29, 1.82) is 0 Å². The molecule has 4 heterocycles. The highest BCUT2D eigenvalue weighted by atomic mass is 16.7. The van der Waals surface area contributed by atoms with Crippen LogP contribution in [0.1, 0.15) is 33.6 Å². The molecule has 3 amide bonds. The third kappa shape index (κ3) is 4.30. The average molecular weight is 508 g/mol. The smallest absolute Gasteiger partial charge is 0.256 e. The monoisotopic (exact) mass is 507 g/mol. The van der Waals surface area contributed by atoms with Crippen LogP contribution in [0.15, 0.2) is 48.5 Å². The highest BCUT2D eigenvalue weighted by Crippen LogP contribution is 2.40. The fraction of sp³-hybridized carbons (Fsp3) is 0.444. The van der Waals surface area contributed by atoms with E-state index in [1.54, 1.807) is 45.0 Å². The van der Waals surface area contributed by atoms with Gasteiger partial charge in [0.25, 0.3) is 11.8 Å². The molecule has 6 rings (SSSR count). The summed E-state index contributed by atoms with van der Waals surface area (Å²) in [6.07, 6.45) is 0.823. The van der Waals surface area contributed by atoms with Gasteiger partial charge in [-0.1, -0.05) is 18.2 Å². The van der Waals surface area contributed by atoms with E-state index in [9.17, 15) is 14.4 Å². The van der Waals surface area contributed by atoms with Gasteiger partial charge in [-0.05, 0) is 30.3 Å². The van der Waals surface area contributed by atoms with Crippen molar-refractivity contribution in [3.63, 3.8) is 0 Å². The summed E-state index contributed by atoms with van der Waals surface area (Å²) in [5, 5.41) is 0. The summed E-state index contributed by atoms with van der Waals surface area (Å²) >= 11 is 0. The van der Waals surface area contributed by atoms with E-state index < -0.39 is 11.8 Å². The second-order valence-electron chi connectivity index (χ2n) is 9.61. The topological polar surface area (TPSA) is 97.8 Å². The lowest BCUT2D eigenvalue weighted by atomic mass is 9.96. The predicted molar refractivity (Wildman–Crippen MR) is 130 cm³/mol. The molecule has 0 saturated carbocycles. The number of rotatable bonds is 3. The number of carbonyl (C=O) groups excluding carboxylic acids is 3. The second kappa shape index (κ2) is 9.68. The molecular formula is C27H29N3O7. The third-order valence-electron chi connectivity index (χ3n) is 7.56. The Labute approximate surface area is 214 Å². The Morgan fingerprint density at radius 2 is 1.51 bits per heavy atom. The van der Waals surface area contributed by atoms with Gasteiger partial charge < -0.3 is 28.7 Å². The zero-order chi connectivity index (χ0) is 25.4. The zero-order valence-corrected chi connectivity index (χ0v) is 20.5. The number of hydrogen-bond donors (Lipinski definition) is 0. The first-order valence-electron chi connectivity index (χ1n) is 12.6. The van der Waals surface area contributed by atoms with Crippen molar-refractivity contribution in [2.45, 2.75) is 24.6 Å². The molecule has 1 atom stereocenters. The molecule has 1 unspecified atom stereocenters. The number of benzene rings is 2. The Kier molecular flexibility index (Phi) is 6.21. The van der Waals surface area contributed by atoms with Crippen LogP contribution in [-0.4, -0.2) is 97.0 Å². The first-order valence-corrected chi connectivity index (χ1v) is 12.6. The van der Waals surface area contributed by atoms with Crippen LogP contribution < -0.4 is 9.47 Å². The Morgan fingerprint density at radius 3 is 2.27 bits per heavy atom. The maximum Gasteiger partial charge on any atom is 0.256 e. The van der Waals surface area contributed by atoms with Crippen molar-refractivity contribution in [3.05, 3.63) is 59.7 Å². The molecule has 4 aliphatic rings. The summed E-state index contributed by atoms with van der Waals surface area (Å²) in [7, 11) is 0. The summed E-state index contributed by atoms with van der Waals surface area (Å²) in [5.41, 5.74) is 0.0710. The van der Waals surface area contributed by atoms with Crippen molar-refractivity contribution in [2.75, 3.05) is 52.8 Å². The first-order chi connectivity index (χ1) is 18.1. The van der Waals surface area contributed by atoms with Gasteiger partial charge in [-0.15, -0.1) is 0 Å². The molecule has 10 heteroatoms. The van der Waals surface area contributed by atoms with E-state index in [2.05, 4.69) is 0 Å². The number of piperidine rings is 1. The quantitative estimate of drug-likeness (QED) is 0.624. The lowest BCUT2D eigenvalue weighted by Crippen LogP contribution is -2.60. The molecule has 10 nitrogen and oxygen atoms in total. The summed E-state index contributed by atoms with van der Waals surface area (Å²) in [5.74, 6) is 0.707. The third-order valence-corrected chi connectivity index (χ3v) is 7.56. The Hall–Kier alpha value is -3.63. The summed E-state index contributed by atoms with van der Waals surface area (Å²) in [6.45, 7) is 3.01. The van der Waals surface area contributed by atoms with Crippen LogP contribution in [0.2, 0.25) is 0 Å². The van der Waals surface area contributed by atoms with Gasteiger partial charge in [0, 0.05) is 50.1 Å². The van der Waals surface area contributed by atoms with Gasteiger partial charge in [0.15, 0.2) is 11.5 Å². The highest BCUT2D eigenvalue weighted by molar-refractivity contribution is 5.98. The van der Waals surface area contributed by atoms with E-state index >= 15 is 0 Å². The lowest BCUT2D eigenvalue weighted by Gasteiger charge is -2.45. The summed E-state index contributed by atoms with van der Waals surface area (Å²) in [6, 6.07) is 13.4. The van der Waals surface area contributed by atoms with Crippen LogP contribution in [0.25, 0.3) is 0 Å². The molecule has 0 radical (unpaired) electrons. The molecule has 3 saturated heterocycles. The number of amides is 3. The van der Waals surface area contributed by atoms with Crippen molar-refractivity contribution in [2.24, 2.45) is 0 Å². The number of likely N-dealkylation sites (tertiary alicyclic amines) is 1. The van der Waals surface area contributed by atoms with E-state index in [1.807, 2.05) is 18.2 Å². The Bertz CT molecular complexity index is 1190. The molecular weight excluding hydrogens is 478 g/mol. The van der Waals surface area contributed by atoms with Crippen LogP contribution in [0.4, 0.5) is 0 Å². The van der Waals surface area contributed by atoms with E-state index in [4.69, 9.17) is 18.9 Å². The van der Waals surface area contributed by atoms with Gasteiger partial charge >= 0.3 is 0 Å². The molecule has 0 aliphatic carbocycles. The first kappa shape index (κ1) is 23.7. The normalized spacial score (nSPS) is 22.4. The van der Waals surface area contributed by atoms with E-state index in [1.165, 1.54) is 0 Å². The van der Waals surface area contributed by atoms with Crippen molar-refractivity contribution in [1.82, 2.24) is 14.7 Å². The standard InChI is InChI=1S/C27H29N3O7/c31-24(20-6-7-22-23(16-20)36-18-35-22)28-10-8-27(9-11-28)30(25(32)19-4-2-1-3-5-19)21(17-37-27)26(33)29-12-14-34-15-13-29/h1-7,16,21H,8-15,17-18H2. The Balaban J connectivity index is 1.23. The second-order valence-corrected chi connectivity index (χ2v) is 9.61. The minimum absolute atomic E-state index is 0.118. The van der Waals surface area contributed by atoms with Crippen LogP contribution in [-0.2, 0) is 14.3 Å². The van der Waals surface area contributed by atoms with Crippen LogP contribution >= 0.6 is 0 Å². The maximum absolute atomic E-state index is 13.8. The van der Waals surface area contributed by atoms with Gasteiger partial charge in [0.1, 0.15) is 11.8 Å². The molecule has 4 aliphatic heterocycles. The number of nitrogens with zero attached hydrogens (tertiary/aromatic N) is 3. The predicted octanol–water partition coefficient (Wildman–Crippen LogP) is 1.75. The van der Waals surface area contributed by atoms with Gasteiger partial charge in [-0.3, -0.25) is 19.3 Å². The zero-order valence-electron chi connectivity index (χ0n) is 20.5. The number of ether oxygens (including phenoxy) is 4. The van der Waals surface area contributed by atoms with E-state index in [-0.39, 0.29) is 31.1 Å². The molecule has 3 fully saturated rings. The molecule has 0 N–H and O–H groups in total. The number of fused-ring (bicyclic) bond motifs is 1. The minimum Gasteiger partial charge on any atom is -0.454 e. The molecule has 2 aromatic rings. The summed E-state index contributed by atoms with van der Waals surface area (Å²) < 4.78 is 22.5. The molecule has 37 heavy (non-hydrogen) atoms. The van der Waals surface area contributed by atoms with Gasteiger partial charge in [-0.25, -0.2) is 0 Å². The largest absolute Gasteiger partial charge is 0.454 e. The number of morpholine rings is 1. The van der Waals surface area contributed by atoms with Crippen LogP contribution in [0, 0.1) is 0 Å². The SMILES string of the molecule is O=C(c1ccc2c(c1)OCO2)N1CCC2(CC1)OCC(C(=O)N1CCOCC1)N2C(=O)c1ccccc1. The summed E-state index contributed by atoms with van der Waals surface area (Å²) in [4.78, 5) is 45.7. The van der Waals surface area contributed by atoms with Crippen molar-refractivity contribution < 1.29 is 33.3 Å². The van der Waals surface area contributed by atoms with E-state index in [0.29, 0.717) is 74.9 Å². The average Bonchev–Trinajstić information content (AvgIpc) is 3.58. The van der Waals surface area contributed by atoms with Crippen molar-refractivity contribution >= 4 is 17.7 Å². The minimum atomic E-state index is -0.953. The van der Waals surface area contributed by atoms with Gasteiger partial charge in [0.2, 0.25) is 12.7 Å². The molecule has 2 aromatic carbocycles. The maximum atomic E-state index is 13.8. The lowest BCUT2D eigenvalue weighted by molar-refractivity contribution is -0.141. The fourth-order valence-corrected chi connectivity index (χ4v) is 5.54. The van der Waals surface area contributed by atoms with Crippen molar-refractivity contribution in [3.8, 4) is 11.5 Å². The number of hydrogen-bond acceptors (Lipinski definition) is 7. The molecule has 1 spiro atoms. The highest BCUT2D eigenvalue weighted by Gasteiger charge is 2.55. The van der Waals surface area contributed by atoms with Crippen LogP contribution in [0.5, 0.6) is 11.5 Å². The molecule has 194 valence electrons.